The second-order valence-electron chi connectivity index (χ2n) is 8.20. The zero-order valence-corrected chi connectivity index (χ0v) is 18.8. The molecule has 9 nitrogen and oxygen atoms in total. The number of likely N-dealkylation sites (tertiary alicyclic amines) is 1. The number of carbonyl (C=O) groups excluding carboxylic acids is 2. The van der Waals surface area contributed by atoms with Crippen LogP contribution in [0.1, 0.15) is 30.9 Å². The molecule has 2 fully saturated rings. The van der Waals surface area contributed by atoms with Crippen LogP contribution in [0.15, 0.2) is 41.7 Å². The van der Waals surface area contributed by atoms with Crippen molar-refractivity contribution in [2.24, 2.45) is 12.0 Å². The van der Waals surface area contributed by atoms with Crippen molar-refractivity contribution in [1.29, 1.82) is 0 Å². The predicted octanol–water partition coefficient (Wildman–Crippen LogP) is 1.36. The Morgan fingerprint density at radius 1 is 1.12 bits per heavy atom. The molecule has 9 heteroatoms. The Hall–Kier alpha value is -3.36. The fraction of sp³-hybridized carbons (Fsp3) is 0.478. The second-order valence-corrected chi connectivity index (χ2v) is 8.20. The summed E-state index contributed by atoms with van der Waals surface area (Å²) in [6.45, 7) is 6.24. The average Bonchev–Trinajstić information content (AvgIpc) is 3.40. The summed E-state index contributed by atoms with van der Waals surface area (Å²) in [7, 11) is 1.84. The molecule has 2 aliphatic heterocycles. The molecular formula is C23H31N7O2. The van der Waals surface area contributed by atoms with Crippen LogP contribution < -0.4 is 10.2 Å². The summed E-state index contributed by atoms with van der Waals surface area (Å²) in [6.07, 6.45) is 5.15. The molecule has 0 aliphatic carbocycles. The summed E-state index contributed by atoms with van der Waals surface area (Å²) < 4.78 is 1.70. The minimum absolute atomic E-state index is 0.0304. The summed E-state index contributed by atoms with van der Waals surface area (Å²) in [5, 5.41) is 7.50. The van der Waals surface area contributed by atoms with Gasteiger partial charge in [-0.05, 0) is 24.5 Å². The Kier molecular flexibility index (Phi) is 6.72. The molecule has 2 aliphatic rings. The summed E-state index contributed by atoms with van der Waals surface area (Å²) in [5.41, 5.74) is 3.05. The third kappa shape index (κ3) is 4.92. The van der Waals surface area contributed by atoms with Crippen molar-refractivity contribution in [2.75, 3.05) is 37.6 Å². The number of hydrogen-bond donors (Lipinski definition) is 1. The SMILES string of the molecule is CCNC(=NCc1ccccc1CN1CCCC1=O)N1CCN(c2cnn(C)c2)C(=O)C1. The molecule has 1 aromatic carbocycles. The Morgan fingerprint density at radius 3 is 2.59 bits per heavy atom. The number of anilines is 1. The first kappa shape index (κ1) is 21.9. The molecule has 1 N–H and O–H groups in total. The van der Waals surface area contributed by atoms with E-state index in [4.69, 9.17) is 4.99 Å². The van der Waals surface area contributed by atoms with Gasteiger partial charge in [-0.2, -0.15) is 5.10 Å². The molecule has 1 aromatic heterocycles. The topological polar surface area (TPSA) is 86.1 Å². The molecule has 32 heavy (non-hydrogen) atoms. The molecule has 3 heterocycles. The van der Waals surface area contributed by atoms with Crippen LogP contribution in [-0.2, 0) is 29.7 Å². The van der Waals surface area contributed by atoms with Crippen molar-refractivity contribution < 1.29 is 9.59 Å². The molecule has 4 rings (SSSR count). The highest BCUT2D eigenvalue weighted by Crippen LogP contribution is 2.19. The van der Waals surface area contributed by atoms with Gasteiger partial charge in [-0.15, -0.1) is 0 Å². The Balaban J connectivity index is 1.45. The van der Waals surface area contributed by atoms with E-state index < -0.39 is 0 Å². The number of hydrogen-bond acceptors (Lipinski definition) is 4. The quantitative estimate of drug-likeness (QED) is 0.545. The van der Waals surface area contributed by atoms with Crippen molar-refractivity contribution in [1.82, 2.24) is 24.9 Å². The fourth-order valence-corrected chi connectivity index (χ4v) is 4.20. The Bertz CT molecular complexity index is 1000. The van der Waals surface area contributed by atoms with Crippen LogP contribution in [0.3, 0.4) is 0 Å². The van der Waals surface area contributed by atoms with E-state index in [9.17, 15) is 9.59 Å². The van der Waals surface area contributed by atoms with Crippen molar-refractivity contribution in [2.45, 2.75) is 32.9 Å². The number of benzene rings is 1. The number of amides is 2. The first-order valence-corrected chi connectivity index (χ1v) is 11.2. The lowest BCUT2D eigenvalue weighted by atomic mass is 10.1. The van der Waals surface area contributed by atoms with Gasteiger partial charge < -0.3 is 20.0 Å². The highest BCUT2D eigenvalue weighted by Gasteiger charge is 2.28. The smallest absolute Gasteiger partial charge is 0.246 e. The van der Waals surface area contributed by atoms with E-state index in [0.717, 1.165) is 42.3 Å². The standard InChI is InChI=1S/C23H31N7O2/c1-3-24-23(29-11-12-30(22(32)17-29)20-14-26-27(2)16-20)25-13-18-7-4-5-8-19(18)15-28-10-6-9-21(28)31/h4-5,7-8,14,16H,3,6,9-13,15,17H2,1-2H3,(H,24,25). The van der Waals surface area contributed by atoms with Gasteiger partial charge in [-0.1, -0.05) is 24.3 Å². The largest absolute Gasteiger partial charge is 0.356 e. The third-order valence-corrected chi connectivity index (χ3v) is 5.91. The van der Waals surface area contributed by atoms with Gasteiger partial charge in [0.25, 0.3) is 0 Å². The molecule has 0 saturated carbocycles. The van der Waals surface area contributed by atoms with Gasteiger partial charge >= 0.3 is 0 Å². The lowest BCUT2D eigenvalue weighted by Gasteiger charge is -2.35. The molecule has 0 spiro atoms. The second kappa shape index (κ2) is 9.84. The van der Waals surface area contributed by atoms with E-state index in [-0.39, 0.29) is 18.4 Å². The number of piperazine rings is 1. The number of nitrogens with one attached hydrogen (secondary N) is 1. The average molecular weight is 438 g/mol. The highest BCUT2D eigenvalue weighted by atomic mass is 16.2. The van der Waals surface area contributed by atoms with Crippen LogP contribution in [0.5, 0.6) is 0 Å². The summed E-state index contributed by atoms with van der Waals surface area (Å²) >= 11 is 0. The molecule has 2 saturated heterocycles. The van der Waals surface area contributed by atoms with Crippen molar-refractivity contribution in [3.05, 3.63) is 47.8 Å². The molecule has 0 atom stereocenters. The lowest BCUT2D eigenvalue weighted by Crippen LogP contribution is -2.55. The zero-order chi connectivity index (χ0) is 22.5. The number of nitrogens with zero attached hydrogens (tertiary/aromatic N) is 6. The number of aromatic nitrogens is 2. The molecule has 0 radical (unpaired) electrons. The monoisotopic (exact) mass is 437 g/mol. The lowest BCUT2D eigenvalue weighted by molar-refractivity contribution is -0.128. The third-order valence-electron chi connectivity index (χ3n) is 5.91. The Labute approximate surface area is 188 Å². The summed E-state index contributed by atoms with van der Waals surface area (Å²) in [6, 6.07) is 8.14. The van der Waals surface area contributed by atoms with E-state index >= 15 is 0 Å². The first-order valence-electron chi connectivity index (χ1n) is 11.2. The molecular weight excluding hydrogens is 406 g/mol. The van der Waals surface area contributed by atoms with Gasteiger partial charge in [0.2, 0.25) is 11.8 Å². The van der Waals surface area contributed by atoms with Crippen LogP contribution in [-0.4, -0.2) is 70.1 Å². The van der Waals surface area contributed by atoms with Crippen LogP contribution in [0.25, 0.3) is 0 Å². The van der Waals surface area contributed by atoms with Gasteiger partial charge in [-0.25, -0.2) is 4.99 Å². The number of carbonyl (C=O) groups is 2. The van der Waals surface area contributed by atoms with Crippen LogP contribution in [0, 0.1) is 0 Å². The van der Waals surface area contributed by atoms with Crippen LogP contribution in [0.2, 0.25) is 0 Å². The van der Waals surface area contributed by atoms with E-state index in [0.29, 0.717) is 32.6 Å². The van der Waals surface area contributed by atoms with E-state index in [1.165, 1.54) is 0 Å². The molecule has 170 valence electrons. The maximum Gasteiger partial charge on any atom is 0.246 e. The van der Waals surface area contributed by atoms with Crippen LogP contribution in [0.4, 0.5) is 5.69 Å². The van der Waals surface area contributed by atoms with Crippen molar-refractivity contribution >= 4 is 23.5 Å². The number of aliphatic imine (C=N–C) groups is 1. The van der Waals surface area contributed by atoms with Gasteiger partial charge in [-0.3, -0.25) is 14.3 Å². The zero-order valence-electron chi connectivity index (χ0n) is 18.8. The van der Waals surface area contributed by atoms with Gasteiger partial charge in [0, 0.05) is 52.4 Å². The number of aryl methyl sites for hydroxylation is 1. The van der Waals surface area contributed by atoms with Crippen LogP contribution >= 0.6 is 0 Å². The highest BCUT2D eigenvalue weighted by molar-refractivity contribution is 5.98. The summed E-state index contributed by atoms with van der Waals surface area (Å²) in [5.74, 6) is 0.989. The first-order chi connectivity index (χ1) is 15.5. The Morgan fingerprint density at radius 2 is 1.94 bits per heavy atom. The van der Waals surface area contributed by atoms with Gasteiger partial charge in [0.15, 0.2) is 5.96 Å². The van der Waals surface area contributed by atoms with E-state index in [1.54, 1.807) is 15.8 Å². The maximum absolute atomic E-state index is 12.8. The molecule has 0 unspecified atom stereocenters. The normalized spacial score (nSPS) is 17.4. The molecule has 2 aromatic rings. The minimum Gasteiger partial charge on any atom is -0.356 e. The number of guanidine groups is 1. The minimum atomic E-state index is 0.0304. The van der Waals surface area contributed by atoms with Gasteiger partial charge in [0.05, 0.1) is 18.4 Å². The molecule has 2 amide bonds. The molecule has 0 bridgehead atoms. The number of rotatable bonds is 6. The van der Waals surface area contributed by atoms with E-state index in [2.05, 4.69) is 22.5 Å². The fourth-order valence-electron chi connectivity index (χ4n) is 4.20. The van der Waals surface area contributed by atoms with E-state index in [1.807, 2.05) is 42.1 Å². The predicted molar refractivity (Wildman–Crippen MR) is 123 cm³/mol. The van der Waals surface area contributed by atoms with Crippen molar-refractivity contribution in [3.63, 3.8) is 0 Å². The summed E-state index contributed by atoms with van der Waals surface area (Å²) in [4.78, 5) is 35.4. The van der Waals surface area contributed by atoms with Crippen molar-refractivity contribution in [3.8, 4) is 0 Å². The maximum atomic E-state index is 12.8. The van der Waals surface area contributed by atoms with Gasteiger partial charge in [0.1, 0.15) is 6.54 Å².